The van der Waals surface area contributed by atoms with Crippen molar-refractivity contribution in [3.8, 4) is 5.75 Å². The Labute approximate surface area is 144 Å². The van der Waals surface area contributed by atoms with Gasteiger partial charge in [-0.05, 0) is 36.3 Å². The highest BCUT2D eigenvalue weighted by Gasteiger charge is 2.18. The van der Waals surface area contributed by atoms with E-state index in [2.05, 4.69) is 36.3 Å². The third-order valence-corrected chi connectivity index (χ3v) is 5.03. The summed E-state index contributed by atoms with van der Waals surface area (Å²) in [7, 11) is 0. The highest BCUT2D eigenvalue weighted by atomic mass is 32.2. The molecule has 1 unspecified atom stereocenters. The summed E-state index contributed by atoms with van der Waals surface area (Å²) in [6.45, 7) is 8.18. The molecule has 124 valence electrons. The van der Waals surface area contributed by atoms with Crippen LogP contribution in [0.5, 0.6) is 5.75 Å². The molecule has 2 aromatic rings. The lowest BCUT2D eigenvalue weighted by atomic mass is 9.87. The fraction of sp³-hybridized carbons (Fsp3) is 0.438. The second-order valence-corrected chi connectivity index (χ2v) is 8.13. The molecule has 0 saturated carbocycles. The normalized spacial score (nSPS) is 12.7. The van der Waals surface area contributed by atoms with Gasteiger partial charge in [-0.2, -0.15) is 0 Å². The number of amides is 1. The number of carbonyl (C=O) groups excluding carboxylic acids is 1. The number of benzene rings is 1. The Morgan fingerprint density at radius 1 is 1.26 bits per heavy atom. The molecule has 1 amide bonds. The zero-order valence-corrected chi connectivity index (χ0v) is 15.5. The smallest absolute Gasteiger partial charge is 0.266 e. The molecule has 23 heavy (non-hydrogen) atoms. The van der Waals surface area contributed by atoms with Gasteiger partial charge < -0.3 is 4.74 Å². The number of aromatic nitrogens is 2. The molecule has 0 aliphatic rings. The van der Waals surface area contributed by atoms with Crippen molar-refractivity contribution in [3.05, 3.63) is 29.8 Å². The van der Waals surface area contributed by atoms with Crippen molar-refractivity contribution in [2.75, 3.05) is 11.6 Å². The van der Waals surface area contributed by atoms with E-state index in [4.69, 9.17) is 4.74 Å². The maximum atomic E-state index is 12.1. The van der Waals surface area contributed by atoms with Gasteiger partial charge in [-0.15, -0.1) is 10.2 Å². The zero-order chi connectivity index (χ0) is 17.0. The van der Waals surface area contributed by atoms with E-state index >= 15 is 0 Å². The van der Waals surface area contributed by atoms with E-state index in [1.807, 2.05) is 30.5 Å². The van der Waals surface area contributed by atoms with E-state index < -0.39 is 6.10 Å². The first kappa shape index (κ1) is 17.7. The predicted molar refractivity (Wildman–Crippen MR) is 95.6 cm³/mol. The summed E-state index contributed by atoms with van der Waals surface area (Å²) in [5, 5.41) is 11.1. The zero-order valence-electron chi connectivity index (χ0n) is 13.9. The Morgan fingerprint density at radius 2 is 1.91 bits per heavy atom. The molecule has 0 spiro atoms. The van der Waals surface area contributed by atoms with E-state index in [1.54, 1.807) is 6.92 Å². The van der Waals surface area contributed by atoms with Gasteiger partial charge in [-0.1, -0.05) is 56.0 Å². The highest BCUT2D eigenvalue weighted by Crippen LogP contribution is 2.25. The van der Waals surface area contributed by atoms with Gasteiger partial charge in [0, 0.05) is 0 Å². The van der Waals surface area contributed by atoms with E-state index in [9.17, 15) is 4.79 Å². The summed E-state index contributed by atoms with van der Waals surface area (Å²) in [6, 6.07) is 7.83. The molecule has 5 nitrogen and oxygen atoms in total. The number of nitrogens with one attached hydrogen (secondary N) is 1. The third kappa shape index (κ3) is 4.94. The van der Waals surface area contributed by atoms with Crippen molar-refractivity contribution in [3.63, 3.8) is 0 Å². The van der Waals surface area contributed by atoms with Crippen molar-refractivity contribution < 1.29 is 9.53 Å². The molecule has 1 N–H and O–H groups in total. The SMILES string of the molecule is CSc1nnc(NC(=O)C(C)Oc2ccc(C(C)(C)C)cc2)s1. The molecule has 1 aromatic carbocycles. The molecular formula is C16H21N3O2S2. The van der Waals surface area contributed by atoms with Crippen LogP contribution in [0.4, 0.5) is 5.13 Å². The van der Waals surface area contributed by atoms with Crippen molar-refractivity contribution in [1.29, 1.82) is 0 Å². The van der Waals surface area contributed by atoms with Gasteiger partial charge in [0.1, 0.15) is 5.75 Å². The molecule has 0 radical (unpaired) electrons. The molecule has 0 saturated heterocycles. The average molecular weight is 351 g/mol. The van der Waals surface area contributed by atoms with Crippen LogP contribution in [0.2, 0.25) is 0 Å². The van der Waals surface area contributed by atoms with Gasteiger partial charge in [0.25, 0.3) is 5.91 Å². The monoisotopic (exact) mass is 351 g/mol. The van der Waals surface area contributed by atoms with Crippen LogP contribution in [0.3, 0.4) is 0 Å². The molecule has 0 fully saturated rings. The van der Waals surface area contributed by atoms with Gasteiger partial charge in [-0.25, -0.2) is 0 Å². The van der Waals surface area contributed by atoms with Crippen molar-refractivity contribution in [2.24, 2.45) is 0 Å². The van der Waals surface area contributed by atoms with Gasteiger partial charge in [0.15, 0.2) is 10.4 Å². The lowest BCUT2D eigenvalue weighted by Crippen LogP contribution is -2.30. The van der Waals surface area contributed by atoms with Crippen LogP contribution in [-0.4, -0.2) is 28.5 Å². The Balaban J connectivity index is 1.95. The first-order valence-corrected chi connectivity index (χ1v) is 9.29. The van der Waals surface area contributed by atoms with E-state index in [1.165, 1.54) is 28.7 Å². The van der Waals surface area contributed by atoms with Gasteiger partial charge >= 0.3 is 0 Å². The molecule has 0 bridgehead atoms. The summed E-state index contributed by atoms with van der Waals surface area (Å²) in [5.74, 6) is 0.427. The Hall–Kier alpha value is -1.60. The summed E-state index contributed by atoms with van der Waals surface area (Å²) in [4.78, 5) is 12.1. The highest BCUT2D eigenvalue weighted by molar-refractivity contribution is 8.00. The predicted octanol–water partition coefficient (Wildman–Crippen LogP) is 3.96. The van der Waals surface area contributed by atoms with E-state index in [0.717, 1.165) is 4.34 Å². The first-order chi connectivity index (χ1) is 10.8. The Bertz CT molecular complexity index is 663. The average Bonchev–Trinajstić information content (AvgIpc) is 2.94. The minimum atomic E-state index is -0.614. The van der Waals surface area contributed by atoms with Crippen LogP contribution >= 0.6 is 23.1 Å². The molecule has 0 aliphatic carbocycles. The number of hydrogen-bond donors (Lipinski definition) is 1. The molecular weight excluding hydrogens is 330 g/mol. The van der Waals surface area contributed by atoms with Crippen LogP contribution in [0.25, 0.3) is 0 Å². The van der Waals surface area contributed by atoms with Crippen LogP contribution in [0.1, 0.15) is 33.3 Å². The van der Waals surface area contributed by atoms with Crippen LogP contribution in [-0.2, 0) is 10.2 Å². The lowest BCUT2D eigenvalue weighted by molar-refractivity contribution is -0.122. The molecule has 0 aliphatic heterocycles. The number of thioether (sulfide) groups is 1. The van der Waals surface area contributed by atoms with Gasteiger partial charge in [0.2, 0.25) is 5.13 Å². The number of nitrogens with zero attached hydrogens (tertiary/aromatic N) is 2. The Kier molecular flexibility index (Phi) is 5.64. The second kappa shape index (κ2) is 7.31. The van der Waals surface area contributed by atoms with Gasteiger partial charge in [0.05, 0.1) is 0 Å². The first-order valence-electron chi connectivity index (χ1n) is 7.25. The third-order valence-electron chi connectivity index (χ3n) is 3.21. The summed E-state index contributed by atoms with van der Waals surface area (Å²) in [6.07, 6.45) is 1.30. The van der Waals surface area contributed by atoms with Crippen molar-refractivity contribution in [1.82, 2.24) is 10.2 Å². The lowest BCUT2D eigenvalue weighted by Gasteiger charge is -2.20. The number of anilines is 1. The molecule has 7 heteroatoms. The maximum Gasteiger partial charge on any atom is 0.266 e. The molecule has 1 atom stereocenters. The van der Waals surface area contributed by atoms with Crippen LogP contribution in [0.15, 0.2) is 28.6 Å². The second-order valence-electron chi connectivity index (χ2n) is 6.10. The summed E-state index contributed by atoms with van der Waals surface area (Å²) in [5.41, 5.74) is 1.31. The van der Waals surface area contributed by atoms with E-state index in [0.29, 0.717) is 10.9 Å². The minimum absolute atomic E-state index is 0.0916. The fourth-order valence-corrected chi connectivity index (χ4v) is 3.01. The van der Waals surface area contributed by atoms with Gasteiger partial charge in [-0.3, -0.25) is 10.1 Å². The standard InChI is InChI=1S/C16H21N3O2S2/c1-10(13(20)17-14-18-19-15(22-5)23-14)21-12-8-6-11(7-9-12)16(2,3)4/h6-10H,1-5H3,(H,17,18,20). The summed E-state index contributed by atoms with van der Waals surface area (Å²) >= 11 is 2.84. The maximum absolute atomic E-state index is 12.1. The topological polar surface area (TPSA) is 64.1 Å². The number of hydrogen-bond acceptors (Lipinski definition) is 6. The van der Waals surface area contributed by atoms with Crippen LogP contribution in [0, 0.1) is 0 Å². The fourth-order valence-electron chi connectivity index (χ4n) is 1.84. The molecule has 1 heterocycles. The van der Waals surface area contributed by atoms with Crippen molar-refractivity contribution in [2.45, 2.75) is 43.6 Å². The molecule has 1 aromatic heterocycles. The number of carbonyl (C=O) groups is 1. The molecule has 2 rings (SSSR count). The number of ether oxygens (including phenoxy) is 1. The quantitative estimate of drug-likeness (QED) is 0.652. The van der Waals surface area contributed by atoms with Crippen molar-refractivity contribution >= 4 is 34.1 Å². The number of rotatable bonds is 5. The van der Waals surface area contributed by atoms with E-state index in [-0.39, 0.29) is 11.3 Å². The van der Waals surface area contributed by atoms with Crippen LogP contribution < -0.4 is 10.1 Å². The minimum Gasteiger partial charge on any atom is -0.481 e. The largest absolute Gasteiger partial charge is 0.481 e. The Morgan fingerprint density at radius 3 is 2.43 bits per heavy atom. The summed E-state index contributed by atoms with van der Waals surface area (Å²) < 4.78 is 6.50.